The van der Waals surface area contributed by atoms with Crippen LogP contribution < -0.4 is 4.74 Å². The first-order valence-electron chi connectivity index (χ1n) is 10.8. The number of aryl methyl sites for hydroxylation is 1. The number of halogens is 5. The van der Waals surface area contributed by atoms with Crippen LogP contribution in [0.5, 0.6) is 5.75 Å². The Morgan fingerprint density at radius 2 is 1.97 bits per heavy atom. The number of amides is 1. The van der Waals surface area contributed by atoms with Crippen LogP contribution in [0.4, 0.5) is 18.0 Å². The summed E-state index contributed by atoms with van der Waals surface area (Å²) in [6, 6.07) is 7.62. The zero-order chi connectivity index (χ0) is 26.0. The number of aliphatic hydroxyl groups excluding tert-OH is 1. The molecule has 2 heterocycles. The molecule has 0 bridgehead atoms. The molecule has 1 amide bonds. The number of carboxylic acid groups (broad SMARTS) is 1. The van der Waals surface area contributed by atoms with E-state index in [0.29, 0.717) is 22.9 Å². The minimum absolute atomic E-state index is 0.0147. The molecule has 2 N–H and O–H groups in total. The highest BCUT2D eigenvalue weighted by molar-refractivity contribution is 6.42. The smallest absolute Gasteiger partial charge is 0.419 e. The van der Waals surface area contributed by atoms with Crippen molar-refractivity contribution in [2.75, 3.05) is 13.2 Å². The third-order valence-electron chi connectivity index (χ3n) is 5.65. The summed E-state index contributed by atoms with van der Waals surface area (Å²) in [5.41, 5.74) is -0.117. The summed E-state index contributed by atoms with van der Waals surface area (Å²) >= 11 is 11.9. The van der Waals surface area contributed by atoms with E-state index < -0.39 is 30.0 Å². The number of aromatic nitrogens is 2. The van der Waals surface area contributed by atoms with Crippen LogP contribution in [0.25, 0.3) is 11.4 Å². The van der Waals surface area contributed by atoms with Gasteiger partial charge in [0.1, 0.15) is 11.8 Å². The summed E-state index contributed by atoms with van der Waals surface area (Å²) in [4.78, 5) is 16.4. The van der Waals surface area contributed by atoms with Crippen LogP contribution in [0.1, 0.15) is 35.9 Å². The molecule has 2 aromatic carbocycles. The molecule has 0 unspecified atom stereocenters. The van der Waals surface area contributed by atoms with E-state index in [0.717, 1.165) is 16.5 Å². The van der Waals surface area contributed by atoms with Gasteiger partial charge in [-0.15, -0.1) is 0 Å². The Hall–Kier alpha value is -3.02. The van der Waals surface area contributed by atoms with Crippen LogP contribution >= 0.6 is 23.2 Å². The lowest BCUT2D eigenvalue weighted by Crippen LogP contribution is -2.30. The molecule has 36 heavy (non-hydrogen) atoms. The Balaban J connectivity index is 1.48. The van der Waals surface area contributed by atoms with Gasteiger partial charge in [0.2, 0.25) is 11.7 Å². The van der Waals surface area contributed by atoms with Gasteiger partial charge < -0.3 is 19.5 Å². The monoisotopic (exact) mass is 545 g/mol. The van der Waals surface area contributed by atoms with Gasteiger partial charge in [-0.25, -0.2) is 4.79 Å². The van der Waals surface area contributed by atoms with Crippen LogP contribution in [0.3, 0.4) is 0 Å². The first-order chi connectivity index (χ1) is 17.0. The Kier molecular flexibility index (Phi) is 7.62. The van der Waals surface area contributed by atoms with E-state index in [1.54, 1.807) is 18.2 Å². The molecule has 1 saturated heterocycles. The van der Waals surface area contributed by atoms with Gasteiger partial charge in [-0.1, -0.05) is 34.4 Å². The molecular formula is C23H20Cl2F3N3O5. The zero-order valence-corrected chi connectivity index (χ0v) is 20.0. The fourth-order valence-corrected chi connectivity index (χ4v) is 4.24. The molecule has 1 aromatic heterocycles. The molecule has 0 spiro atoms. The quantitative estimate of drug-likeness (QED) is 0.358. The average Bonchev–Trinajstić information content (AvgIpc) is 3.45. The molecule has 0 aliphatic carbocycles. The maximum atomic E-state index is 13.8. The van der Waals surface area contributed by atoms with Gasteiger partial charge in [-0.3, -0.25) is 4.90 Å². The number of rotatable bonds is 7. The Morgan fingerprint density at radius 1 is 1.19 bits per heavy atom. The minimum atomic E-state index is -4.71. The van der Waals surface area contributed by atoms with Crippen molar-refractivity contribution in [3.63, 3.8) is 0 Å². The first kappa shape index (κ1) is 26.1. The number of aliphatic hydroxyl groups is 1. The van der Waals surface area contributed by atoms with Crippen molar-refractivity contribution in [2.45, 2.75) is 37.6 Å². The summed E-state index contributed by atoms with van der Waals surface area (Å²) < 4.78 is 51.8. The standard InChI is InChI=1S/C23H20Cl2F3N3O5/c24-16-5-3-12(8-17(16)25)2-1-7-35-19-6-4-13(9-15(19)23(26,27)28)20-29-21(36-30-20)18-10-14(32)11-31(18)22(33)34/h3-6,8-9,14,18,32H,1-2,7,10-11H2,(H,33,34)/t14-,18+/m1/s1. The Bertz CT molecular complexity index is 1250. The van der Waals surface area contributed by atoms with E-state index in [2.05, 4.69) is 10.1 Å². The molecule has 1 fully saturated rings. The number of hydrogen-bond donors (Lipinski definition) is 2. The van der Waals surface area contributed by atoms with Crippen LogP contribution in [-0.2, 0) is 12.6 Å². The van der Waals surface area contributed by atoms with E-state index in [1.165, 1.54) is 12.1 Å². The Morgan fingerprint density at radius 3 is 2.67 bits per heavy atom. The number of likely N-dealkylation sites (tertiary alicyclic amines) is 1. The lowest BCUT2D eigenvalue weighted by Gasteiger charge is -2.17. The van der Waals surface area contributed by atoms with E-state index in [4.69, 9.17) is 32.5 Å². The number of nitrogens with zero attached hydrogens (tertiary/aromatic N) is 3. The van der Waals surface area contributed by atoms with Gasteiger partial charge in [0.25, 0.3) is 0 Å². The molecule has 8 nitrogen and oxygen atoms in total. The summed E-state index contributed by atoms with van der Waals surface area (Å²) in [5.74, 6) is -0.603. The zero-order valence-electron chi connectivity index (χ0n) is 18.5. The van der Waals surface area contributed by atoms with Crippen LogP contribution in [0, 0.1) is 0 Å². The third kappa shape index (κ3) is 5.85. The predicted molar refractivity (Wildman–Crippen MR) is 123 cm³/mol. The van der Waals surface area contributed by atoms with Crippen molar-refractivity contribution in [1.82, 2.24) is 15.0 Å². The lowest BCUT2D eigenvalue weighted by atomic mass is 10.1. The van der Waals surface area contributed by atoms with Crippen molar-refractivity contribution in [3.05, 3.63) is 63.5 Å². The highest BCUT2D eigenvalue weighted by Crippen LogP contribution is 2.39. The highest BCUT2D eigenvalue weighted by Gasteiger charge is 2.39. The van der Waals surface area contributed by atoms with Gasteiger partial charge in [0.05, 0.1) is 34.9 Å². The van der Waals surface area contributed by atoms with Crippen LogP contribution in [0.15, 0.2) is 40.9 Å². The molecule has 2 atom stereocenters. The lowest BCUT2D eigenvalue weighted by molar-refractivity contribution is -0.138. The van der Waals surface area contributed by atoms with E-state index >= 15 is 0 Å². The normalized spacial score (nSPS) is 18.0. The SMILES string of the molecule is O=C(O)N1C[C@H](O)C[C@H]1c1nc(-c2ccc(OCCCc3ccc(Cl)c(Cl)c3)c(C(F)(F)F)c2)no1. The summed E-state index contributed by atoms with van der Waals surface area (Å²) in [7, 11) is 0. The second-order valence-electron chi connectivity index (χ2n) is 8.21. The first-order valence-corrected chi connectivity index (χ1v) is 11.6. The molecule has 192 valence electrons. The second-order valence-corrected chi connectivity index (χ2v) is 9.02. The summed E-state index contributed by atoms with van der Waals surface area (Å²) in [6.45, 7) is -0.100. The maximum Gasteiger partial charge on any atom is 0.419 e. The molecule has 1 aliphatic rings. The number of β-amino-alcohol motifs (C(OH)–C–C–N with tert-alkyl or cyclic N) is 1. The Labute approximate surface area is 213 Å². The highest BCUT2D eigenvalue weighted by atomic mass is 35.5. The third-order valence-corrected chi connectivity index (χ3v) is 6.39. The fraction of sp³-hybridized carbons (Fsp3) is 0.348. The number of hydrogen-bond acceptors (Lipinski definition) is 6. The molecule has 0 radical (unpaired) electrons. The maximum absolute atomic E-state index is 13.8. The van der Waals surface area contributed by atoms with Gasteiger partial charge in [0.15, 0.2) is 0 Å². The molecule has 13 heteroatoms. The van der Waals surface area contributed by atoms with Crippen molar-refractivity contribution >= 4 is 29.3 Å². The van der Waals surface area contributed by atoms with E-state index in [-0.39, 0.29) is 42.6 Å². The number of carbonyl (C=O) groups is 1. The van der Waals surface area contributed by atoms with Crippen LogP contribution in [0.2, 0.25) is 10.0 Å². The second kappa shape index (κ2) is 10.5. The molecule has 3 aromatic rings. The van der Waals surface area contributed by atoms with Gasteiger partial charge in [-0.05, 0) is 48.7 Å². The minimum Gasteiger partial charge on any atom is -0.493 e. The summed E-state index contributed by atoms with van der Waals surface area (Å²) in [6.07, 6.45) is -5.89. The van der Waals surface area contributed by atoms with Gasteiger partial charge >= 0.3 is 12.3 Å². The molecule has 0 saturated carbocycles. The predicted octanol–water partition coefficient (Wildman–Crippen LogP) is 5.86. The van der Waals surface area contributed by atoms with E-state index in [9.17, 15) is 28.2 Å². The molecule has 1 aliphatic heterocycles. The van der Waals surface area contributed by atoms with Crippen molar-refractivity contribution in [1.29, 1.82) is 0 Å². The van der Waals surface area contributed by atoms with Gasteiger partial charge in [0, 0.05) is 12.0 Å². The van der Waals surface area contributed by atoms with Crippen molar-refractivity contribution in [3.8, 4) is 17.1 Å². The fourth-order valence-electron chi connectivity index (χ4n) is 3.92. The topological polar surface area (TPSA) is 109 Å². The number of ether oxygens (including phenoxy) is 1. The van der Waals surface area contributed by atoms with Gasteiger partial charge in [-0.2, -0.15) is 18.2 Å². The molecule has 4 rings (SSSR count). The largest absolute Gasteiger partial charge is 0.493 e. The van der Waals surface area contributed by atoms with E-state index in [1.807, 2.05) is 0 Å². The average molecular weight is 546 g/mol. The molecular weight excluding hydrogens is 526 g/mol. The van der Waals surface area contributed by atoms with Crippen molar-refractivity contribution < 1.29 is 37.4 Å². The van der Waals surface area contributed by atoms with Crippen LogP contribution in [-0.4, -0.2) is 50.6 Å². The van der Waals surface area contributed by atoms with Crippen molar-refractivity contribution in [2.24, 2.45) is 0 Å². The number of benzene rings is 2. The number of alkyl halides is 3. The summed E-state index contributed by atoms with van der Waals surface area (Å²) in [5, 5.41) is 23.6.